The second-order valence-electron chi connectivity index (χ2n) is 4.32. The zero-order valence-corrected chi connectivity index (χ0v) is 10.8. The van der Waals surface area contributed by atoms with Gasteiger partial charge >= 0.3 is 0 Å². The fourth-order valence-electron chi connectivity index (χ4n) is 2.14. The molecule has 0 spiro atoms. The van der Waals surface area contributed by atoms with Gasteiger partial charge in [-0.05, 0) is 37.1 Å². The molecule has 1 heterocycles. The minimum Gasteiger partial charge on any atom is -0.308 e. The normalized spacial score (nSPS) is 17.7. The van der Waals surface area contributed by atoms with Gasteiger partial charge in [-0.15, -0.1) is 0 Å². The number of nitrogens with one attached hydrogen (secondary N) is 2. The highest BCUT2D eigenvalue weighted by atomic mass is 32.2. The van der Waals surface area contributed by atoms with E-state index in [1.807, 2.05) is 19.2 Å². The second-order valence-corrected chi connectivity index (χ2v) is 6.40. The van der Waals surface area contributed by atoms with E-state index in [1.165, 1.54) is 0 Å². The molecule has 1 aliphatic rings. The van der Waals surface area contributed by atoms with Gasteiger partial charge in [0.1, 0.15) is 0 Å². The van der Waals surface area contributed by atoms with E-state index in [1.54, 1.807) is 6.07 Å². The van der Waals surface area contributed by atoms with Gasteiger partial charge in [-0.25, -0.2) is 8.42 Å². The second kappa shape index (κ2) is 5.16. The van der Waals surface area contributed by atoms with Crippen LogP contribution in [0.4, 0.5) is 0 Å². The monoisotopic (exact) mass is 254 g/mol. The van der Waals surface area contributed by atoms with Gasteiger partial charge in [0.25, 0.3) is 0 Å². The van der Waals surface area contributed by atoms with Crippen LogP contribution in [-0.4, -0.2) is 27.9 Å². The molecule has 4 nitrogen and oxygen atoms in total. The Kier molecular flexibility index (Phi) is 3.81. The predicted octanol–water partition coefficient (Wildman–Crippen LogP) is 0.673. The van der Waals surface area contributed by atoms with Crippen LogP contribution in [0.1, 0.15) is 17.5 Å². The first-order valence-corrected chi connectivity index (χ1v) is 7.48. The third-order valence-electron chi connectivity index (χ3n) is 2.95. The smallest absolute Gasteiger partial charge is 0.178 e. The molecule has 0 aliphatic carbocycles. The largest absolute Gasteiger partial charge is 0.308 e. The van der Waals surface area contributed by atoms with Crippen LogP contribution in [0.15, 0.2) is 23.1 Å². The molecule has 2 N–H and O–H groups in total. The Bertz CT molecular complexity index is 497. The van der Waals surface area contributed by atoms with Crippen molar-refractivity contribution in [1.29, 1.82) is 0 Å². The van der Waals surface area contributed by atoms with E-state index in [0.29, 0.717) is 4.90 Å². The number of fused-ring (bicyclic) bond motifs is 1. The van der Waals surface area contributed by atoms with Gasteiger partial charge in [-0.1, -0.05) is 12.1 Å². The molecule has 0 unspecified atom stereocenters. The molecule has 0 bridgehead atoms. The van der Waals surface area contributed by atoms with Gasteiger partial charge in [0, 0.05) is 13.2 Å². The summed E-state index contributed by atoms with van der Waals surface area (Å²) in [4.78, 5) is 0.529. The Balaban J connectivity index is 2.20. The molecule has 1 aromatic rings. The number of benzene rings is 1. The van der Waals surface area contributed by atoms with Crippen molar-refractivity contribution in [3.05, 3.63) is 29.3 Å². The summed E-state index contributed by atoms with van der Waals surface area (Å²) in [6.45, 7) is 1.50. The number of hydrogen-bond donors (Lipinski definition) is 2. The topological polar surface area (TPSA) is 58.2 Å². The van der Waals surface area contributed by atoms with Crippen LogP contribution in [0.3, 0.4) is 0 Å². The molecule has 17 heavy (non-hydrogen) atoms. The van der Waals surface area contributed by atoms with Crippen LogP contribution in [0.2, 0.25) is 0 Å². The molecule has 0 fully saturated rings. The van der Waals surface area contributed by atoms with Crippen molar-refractivity contribution in [3.63, 3.8) is 0 Å². The van der Waals surface area contributed by atoms with Crippen LogP contribution in [0.5, 0.6) is 0 Å². The summed E-state index contributed by atoms with van der Waals surface area (Å²) < 4.78 is 23.6. The van der Waals surface area contributed by atoms with E-state index in [0.717, 1.165) is 37.2 Å². The lowest BCUT2D eigenvalue weighted by Gasteiger charge is -2.17. The highest BCUT2D eigenvalue weighted by molar-refractivity contribution is 7.91. The van der Waals surface area contributed by atoms with Crippen LogP contribution in [0, 0.1) is 0 Å². The molecule has 0 saturated carbocycles. The van der Waals surface area contributed by atoms with Crippen LogP contribution >= 0.6 is 0 Å². The molecule has 94 valence electrons. The average Bonchev–Trinajstić information content (AvgIpc) is 2.29. The average molecular weight is 254 g/mol. The maximum absolute atomic E-state index is 11.8. The molecule has 0 atom stereocenters. The van der Waals surface area contributed by atoms with E-state index in [-0.39, 0.29) is 5.75 Å². The van der Waals surface area contributed by atoms with E-state index in [4.69, 9.17) is 0 Å². The van der Waals surface area contributed by atoms with E-state index < -0.39 is 9.84 Å². The Morgan fingerprint density at radius 1 is 1.35 bits per heavy atom. The van der Waals surface area contributed by atoms with Crippen molar-refractivity contribution in [3.8, 4) is 0 Å². The Morgan fingerprint density at radius 3 is 2.94 bits per heavy atom. The number of rotatable bonds is 4. The summed E-state index contributed by atoms with van der Waals surface area (Å²) in [6.07, 6.45) is 1.61. The lowest BCUT2D eigenvalue weighted by Crippen LogP contribution is -2.25. The maximum Gasteiger partial charge on any atom is 0.178 e. The quantitative estimate of drug-likeness (QED) is 0.612. The molecule has 1 aromatic carbocycles. The van der Waals surface area contributed by atoms with Gasteiger partial charge < -0.3 is 10.6 Å². The van der Waals surface area contributed by atoms with Crippen LogP contribution in [0.25, 0.3) is 0 Å². The minimum absolute atomic E-state index is 0.289. The molecule has 2 rings (SSSR count). The van der Waals surface area contributed by atoms with Gasteiger partial charge in [-0.3, -0.25) is 0 Å². The van der Waals surface area contributed by atoms with E-state index >= 15 is 0 Å². The third kappa shape index (κ3) is 2.86. The van der Waals surface area contributed by atoms with Crippen molar-refractivity contribution >= 4 is 9.84 Å². The first-order valence-electron chi connectivity index (χ1n) is 5.83. The lowest BCUT2D eigenvalue weighted by atomic mass is 10.1. The number of aryl methyl sites for hydroxylation is 1. The van der Waals surface area contributed by atoms with Crippen molar-refractivity contribution in [2.24, 2.45) is 0 Å². The molecule has 0 amide bonds. The number of sulfone groups is 1. The Labute approximate surface area is 102 Å². The molecule has 0 saturated heterocycles. The molecule has 0 radical (unpaired) electrons. The van der Waals surface area contributed by atoms with Crippen LogP contribution < -0.4 is 10.6 Å². The standard InChI is InChI=1S/C12H18N2O2S/c1-13-9-14-8-10-4-5-12-11(7-10)3-2-6-17(12,15)16/h4-5,7,13-14H,2-3,6,8-9H2,1H3. The summed E-state index contributed by atoms with van der Waals surface area (Å²) in [6, 6.07) is 5.65. The van der Waals surface area contributed by atoms with Crippen molar-refractivity contribution in [2.45, 2.75) is 24.3 Å². The highest BCUT2D eigenvalue weighted by Gasteiger charge is 2.23. The number of hydrogen-bond acceptors (Lipinski definition) is 4. The van der Waals surface area contributed by atoms with Gasteiger partial charge in [0.15, 0.2) is 9.84 Å². The molecular weight excluding hydrogens is 236 g/mol. The zero-order valence-electron chi connectivity index (χ0n) is 9.99. The fourth-order valence-corrected chi connectivity index (χ4v) is 3.72. The van der Waals surface area contributed by atoms with E-state index in [2.05, 4.69) is 10.6 Å². The highest BCUT2D eigenvalue weighted by Crippen LogP contribution is 2.25. The van der Waals surface area contributed by atoms with Crippen molar-refractivity contribution in [2.75, 3.05) is 19.5 Å². The predicted molar refractivity (Wildman–Crippen MR) is 67.6 cm³/mol. The summed E-state index contributed by atoms with van der Waals surface area (Å²) >= 11 is 0. The van der Waals surface area contributed by atoms with Crippen molar-refractivity contribution in [1.82, 2.24) is 10.6 Å². The maximum atomic E-state index is 11.8. The summed E-state index contributed by atoms with van der Waals surface area (Å²) in [5.41, 5.74) is 2.11. The zero-order chi connectivity index (χ0) is 12.3. The summed E-state index contributed by atoms with van der Waals surface area (Å²) in [5.74, 6) is 0.289. The Morgan fingerprint density at radius 2 is 2.18 bits per heavy atom. The SMILES string of the molecule is CNCNCc1ccc2c(c1)CCCS2(=O)=O. The fraction of sp³-hybridized carbons (Fsp3) is 0.500. The van der Waals surface area contributed by atoms with Crippen LogP contribution in [-0.2, 0) is 22.8 Å². The van der Waals surface area contributed by atoms with Gasteiger partial charge in [-0.2, -0.15) is 0 Å². The first kappa shape index (κ1) is 12.5. The summed E-state index contributed by atoms with van der Waals surface area (Å²) in [7, 11) is -1.14. The van der Waals surface area contributed by atoms with Gasteiger partial charge in [0.2, 0.25) is 0 Å². The molecule has 0 aromatic heterocycles. The first-order chi connectivity index (χ1) is 8.13. The minimum atomic E-state index is -3.02. The summed E-state index contributed by atoms with van der Waals surface area (Å²) in [5, 5.41) is 6.22. The molecule has 1 aliphatic heterocycles. The Hall–Kier alpha value is -0.910. The molecule has 5 heteroatoms. The van der Waals surface area contributed by atoms with Crippen molar-refractivity contribution < 1.29 is 8.42 Å². The lowest BCUT2D eigenvalue weighted by molar-refractivity contribution is 0.586. The van der Waals surface area contributed by atoms with Gasteiger partial charge in [0.05, 0.1) is 10.6 Å². The third-order valence-corrected chi connectivity index (χ3v) is 4.84. The van der Waals surface area contributed by atoms with E-state index in [9.17, 15) is 8.42 Å². The molecular formula is C12H18N2O2S.